The maximum Gasteiger partial charge on any atom is 0.327 e. The molecule has 30 heavy (non-hydrogen) atoms. The molecule has 0 saturated heterocycles. The number of ether oxygens (including phenoxy) is 2. The average molecular weight is 405 g/mol. The molecule has 1 aromatic heterocycles. The van der Waals surface area contributed by atoms with Gasteiger partial charge in [0, 0.05) is 17.9 Å². The fraction of sp³-hybridized carbons (Fsp3) is 0.261. The number of hydrogen-bond donors (Lipinski definition) is 1. The molecule has 154 valence electrons. The Labute approximate surface area is 174 Å². The van der Waals surface area contributed by atoms with Crippen LogP contribution in [0.2, 0.25) is 0 Å². The number of carbonyl (C=O) groups excluding carboxylic acids is 2. The van der Waals surface area contributed by atoms with Gasteiger partial charge in [0.2, 0.25) is 5.91 Å². The van der Waals surface area contributed by atoms with Crippen LogP contribution in [0.3, 0.4) is 0 Å². The van der Waals surface area contributed by atoms with Crippen LogP contribution in [0.4, 0.5) is 5.82 Å². The molecule has 7 nitrogen and oxygen atoms in total. The number of nitrogens with zero attached hydrogens (tertiary/aromatic N) is 2. The number of para-hydroxylation sites is 1. The molecule has 0 fully saturated rings. The lowest BCUT2D eigenvalue weighted by molar-refractivity contribution is -0.144. The first-order valence-corrected chi connectivity index (χ1v) is 9.90. The van der Waals surface area contributed by atoms with Crippen LogP contribution < -0.4 is 10.1 Å². The van der Waals surface area contributed by atoms with Gasteiger partial charge in [-0.2, -0.15) is 5.10 Å². The summed E-state index contributed by atoms with van der Waals surface area (Å²) in [5, 5.41) is 7.36. The van der Waals surface area contributed by atoms with E-state index < -0.39 is 5.97 Å². The number of aromatic nitrogens is 2. The van der Waals surface area contributed by atoms with Crippen molar-refractivity contribution in [2.24, 2.45) is 0 Å². The molecule has 2 aromatic carbocycles. The lowest BCUT2D eigenvalue weighted by Gasteiger charge is -2.24. The summed E-state index contributed by atoms with van der Waals surface area (Å²) >= 11 is 0. The first-order valence-electron chi connectivity index (χ1n) is 9.90. The van der Waals surface area contributed by atoms with E-state index in [4.69, 9.17) is 9.47 Å². The topological polar surface area (TPSA) is 82.5 Å². The smallest absolute Gasteiger partial charge is 0.327 e. The minimum absolute atomic E-state index is 0.0474. The number of rotatable bonds is 6. The van der Waals surface area contributed by atoms with Crippen molar-refractivity contribution in [1.82, 2.24) is 9.78 Å². The Morgan fingerprint density at radius 3 is 2.70 bits per heavy atom. The molecule has 3 aromatic rings. The van der Waals surface area contributed by atoms with E-state index in [9.17, 15) is 9.59 Å². The number of amides is 1. The summed E-state index contributed by atoms with van der Waals surface area (Å²) in [6.45, 7) is 3.89. The van der Waals surface area contributed by atoms with Crippen LogP contribution in [-0.2, 0) is 20.9 Å². The van der Waals surface area contributed by atoms with Crippen LogP contribution in [0.25, 0.3) is 0 Å². The summed E-state index contributed by atoms with van der Waals surface area (Å²) in [5.41, 5.74) is 2.64. The maximum atomic E-state index is 12.5. The first kappa shape index (κ1) is 19.7. The highest BCUT2D eigenvalue weighted by atomic mass is 16.5. The second-order valence-electron chi connectivity index (χ2n) is 7.10. The third-order valence-electron chi connectivity index (χ3n) is 4.99. The van der Waals surface area contributed by atoms with Crippen LogP contribution in [-0.4, -0.2) is 28.3 Å². The second-order valence-corrected chi connectivity index (χ2v) is 7.10. The fourth-order valence-corrected chi connectivity index (χ4v) is 3.76. The summed E-state index contributed by atoms with van der Waals surface area (Å²) in [4.78, 5) is 24.4. The Bertz CT molecular complexity index is 1080. The van der Waals surface area contributed by atoms with E-state index in [2.05, 4.69) is 10.4 Å². The highest BCUT2D eigenvalue weighted by Crippen LogP contribution is 2.40. The molecule has 1 aliphatic heterocycles. The number of esters is 1. The van der Waals surface area contributed by atoms with Gasteiger partial charge in [0.15, 0.2) is 0 Å². The summed E-state index contributed by atoms with van der Waals surface area (Å²) in [7, 11) is 0. The van der Waals surface area contributed by atoms with E-state index in [0.717, 1.165) is 22.6 Å². The summed E-state index contributed by atoms with van der Waals surface area (Å²) < 4.78 is 12.5. The lowest BCUT2D eigenvalue weighted by atomic mass is 9.86. The van der Waals surface area contributed by atoms with Gasteiger partial charge in [-0.15, -0.1) is 0 Å². The van der Waals surface area contributed by atoms with Crippen molar-refractivity contribution < 1.29 is 19.1 Å². The van der Waals surface area contributed by atoms with Gasteiger partial charge in [0.25, 0.3) is 0 Å². The Hall–Kier alpha value is -3.61. The number of carbonyl (C=O) groups is 2. The predicted molar refractivity (Wildman–Crippen MR) is 112 cm³/mol. The van der Waals surface area contributed by atoms with Gasteiger partial charge in [-0.25, -0.2) is 4.68 Å². The molecule has 0 saturated carbocycles. The Morgan fingerprint density at radius 1 is 1.17 bits per heavy atom. The summed E-state index contributed by atoms with van der Waals surface area (Å²) in [6.07, 6.45) is 0.299. The molecule has 1 amide bonds. The Kier molecular flexibility index (Phi) is 5.52. The zero-order chi connectivity index (χ0) is 21.1. The molecule has 4 rings (SSSR count). The van der Waals surface area contributed by atoms with Crippen molar-refractivity contribution in [2.75, 3.05) is 11.9 Å². The minimum atomic E-state index is -0.391. The van der Waals surface area contributed by atoms with E-state index in [1.165, 1.54) is 4.68 Å². The van der Waals surface area contributed by atoms with Crippen LogP contribution in [0.5, 0.6) is 11.5 Å². The average Bonchev–Trinajstić information content (AvgIpc) is 3.03. The molecular weight excluding hydrogens is 382 g/mol. The number of benzene rings is 2. The monoisotopic (exact) mass is 405 g/mol. The Morgan fingerprint density at radius 2 is 1.93 bits per heavy atom. The maximum absolute atomic E-state index is 12.5. The predicted octanol–water partition coefficient (Wildman–Crippen LogP) is 4.02. The van der Waals surface area contributed by atoms with Crippen molar-refractivity contribution in [1.29, 1.82) is 0 Å². The van der Waals surface area contributed by atoms with Crippen LogP contribution >= 0.6 is 0 Å². The molecule has 2 heterocycles. The van der Waals surface area contributed by atoms with Crippen molar-refractivity contribution >= 4 is 17.7 Å². The van der Waals surface area contributed by atoms with Crippen LogP contribution in [0.15, 0.2) is 54.6 Å². The zero-order valence-corrected chi connectivity index (χ0v) is 16.9. The molecule has 0 unspecified atom stereocenters. The molecule has 0 bridgehead atoms. The molecule has 1 aliphatic rings. The number of nitrogens with one attached hydrogen (secondary N) is 1. The zero-order valence-electron chi connectivity index (χ0n) is 16.9. The fourth-order valence-electron chi connectivity index (χ4n) is 3.76. The van der Waals surface area contributed by atoms with Gasteiger partial charge in [-0.3, -0.25) is 9.59 Å². The second kappa shape index (κ2) is 8.41. The van der Waals surface area contributed by atoms with Crippen molar-refractivity contribution in [2.45, 2.75) is 32.7 Å². The van der Waals surface area contributed by atoms with Crippen molar-refractivity contribution in [3.63, 3.8) is 0 Å². The molecular formula is C23H23N3O4. The number of hydrogen-bond acceptors (Lipinski definition) is 5. The molecule has 1 atom stereocenters. The standard InChI is InChI=1S/C23H23N3O4/c1-3-29-21(28)14-26-23-22(15(2)25-26)19(13-20(27)24-23)16-8-7-11-18(12-16)30-17-9-5-4-6-10-17/h4-12,19H,3,13-14H2,1-2H3,(H,24,27)/t19-/m0/s1. The summed E-state index contributed by atoms with van der Waals surface area (Å²) in [6, 6.07) is 17.3. The van der Waals surface area contributed by atoms with Gasteiger partial charge in [0.1, 0.15) is 23.9 Å². The molecule has 7 heteroatoms. The summed E-state index contributed by atoms with van der Waals surface area (Å²) in [5.74, 6) is 1.31. The normalized spacial score (nSPS) is 15.3. The first-order chi connectivity index (χ1) is 14.5. The van der Waals surface area contributed by atoms with E-state index in [1.54, 1.807) is 6.92 Å². The van der Waals surface area contributed by atoms with Crippen molar-refractivity contribution in [3.05, 3.63) is 71.4 Å². The molecule has 0 radical (unpaired) electrons. The SMILES string of the molecule is CCOC(=O)Cn1nc(C)c2c1NC(=O)C[C@H]2c1cccc(Oc2ccccc2)c1. The van der Waals surface area contributed by atoms with E-state index >= 15 is 0 Å². The van der Waals surface area contributed by atoms with Gasteiger partial charge in [-0.05, 0) is 43.7 Å². The van der Waals surface area contributed by atoms with Gasteiger partial charge in [0.05, 0.1) is 12.3 Å². The minimum Gasteiger partial charge on any atom is -0.465 e. The third-order valence-corrected chi connectivity index (χ3v) is 4.99. The molecule has 0 spiro atoms. The van der Waals surface area contributed by atoms with E-state index in [1.807, 2.05) is 61.5 Å². The number of fused-ring (bicyclic) bond motifs is 1. The van der Waals surface area contributed by atoms with Crippen LogP contribution in [0, 0.1) is 6.92 Å². The Balaban J connectivity index is 1.67. The quantitative estimate of drug-likeness (QED) is 0.627. The van der Waals surface area contributed by atoms with Crippen molar-refractivity contribution in [3.8, 4) is 11.5 Å². The largest absolute Gasteiger partial charge is 0.465 e. The highest BCUT2D eigenvalue weighted by Gasteiger charge is 2.33. The lowest BCUT2D eigenvalue weighted by Crippen LogP contribution is -2.26. The van der Waals surface area contributed by atoms with E-state index in [0.29, 0.717) is 24.6 Å². The molecule has 0 aliphatic carbocycles. The van der Waals surface area contributed by atoms with Crippen LogP contribution in [0.1, 0.15) is 36.1 Å². The molecule has 1 N–H and O–H groups in total. The number of anilines is 1. The third kappa shape index (κ3) is 4.05. The van der Waals surface area contributed by atoms with Gasteiger partial charge < -0.3 is 14.8 Å². The van der Waals surface area contributed by atoms with Gasteiger partial charge in [-0.1, -0.05) is 30.3 Å². The van der Waals surface area contributed by atoms with E-state index in [-0.39, 0.29) is 18.4 Å². The highest BCUT2D eigenvalue weighted by molar-refractivity contribution is 5.95. The van der Waals surface area contributed by atoms with Gasteiger partial charge >= 0.3 is 5.97 Å². The number of aryl methyl sites for hydroxylation is 1.